The fraction of sp³-hybridized carbons (Fsp3) is 1.00. The molecule has 0 saturated heterocycles. The topological polar surface area (TPSA) is 133 Å². The van der Waals surface area contributed by atoms with Crippen molar-refractivity contribution in [3.63, 3.8) is 0 Å². The molecule has 0 spiro atoms. The van der Waals surface area contributed by atoms with Crippen molar-refractivity contribution in [2.75, 3.05) is 6.54 Å². The fourth-order valence-electron chi connectivity index (χ4n) is 0.137. The predicted octanol–water partition coefficient (Wildman–Crippen LogP) is -3.36. The molecular formula is C3H11ClN2O4. The van der Waals surface area contributed by atoms with E-state index in [4.69, 9.17) is 26.2 Å². The van der Waals surface area contributed by atoms with Crippen molar-refractivity contribution >= 4 is 12.4 Å². The molecule has 7 heteroatoms. The molecule has 0 rings (SSSR count). The predicted molar refractivity (Wildman–Crippen MR) is 34.8 cm³/mol. The molecule has 1 atom stereocenters. The van der Waals surface area contributed by atoms with Gasteiger partial charge in [-0.05, 0) is 0 Å². The van der Waals surface area contributed by atoms with Gasteiger partial charge >= 0.3 is 5.97 Å². The molecule has 0 aromatic heterocycles. The van der Waals surface area contributed by atoms with Crippen LogP contribution in [-0.2, 0) is 0 Å². The van der Waals surface area contributed by atoms with Crippen LogP contribution in [-0.4, -0.2) is 38.7 Å². The third-order valence-electron chi connectivity index (χ3n) is 0.892. The molecule has 0 aliphatic heterocycles. The maximum Gasteiger partial charge on any atom is 0.321 e. The first-order valence-corrected chi connectivity index (χ1v) is 2.19. The van der Waals surface area contributed by atoms with Crippen molar-refractivity contribution in [1.29, 1.82) is 0 Å². The summed E-state index contributed by atoms with van der Waals surface area (Å²) in [6.45, 7) is -0.656. The maximum atomic E-state index is 8.56. The SMILES string of the molecule is Cl.NCC(N)(O)C(O)(O)O. The minimum Gasteiger partial charge on any atom is -0.368 e. The molecule has 0 aliphatic carbocycles. The van der Waals surface area contributed by atoms with E-state index in [1.54, 1.807) is 0 Å². The maximum absolute atomic E-state index is 8.56. The van der Waals surface area contributed by atoms with E-state index in [0.717, 1.165) is 0 Å². The van der Waals surface area contributed by atoms with Gasteiger partial charge in [0.05, 0.1) is 0 Å². The van der Waals surface area contributed by atoms with Crippen LogP contribution in [0.1, 0.15) is 0 Å². The molecule has 0 saturated carbocycles. The first kappa shape index (κ1) is 12.7. The van der Waals surface area contributed by atoms with E-state index in [1.165, 1.54) is 0 Å². The number of rotatable bonds is 2. The summed E-state index contributed by atoms with van der Waals surface area (Å²) in [5, 5.41) is 33.2. The van der Waals surface area contributed by atoms with Gasteiger partial charge in [0.15, 0.2) is 0 Å². The fourth-order valence-corrected chi connectivity index (χ4v) is 0.137. The Morgan fingerprint density at radius 1 is 1.10 bits per heavy atom. The van der Waals surface area contributed by atoms with E-state index < -0.39 is 18.2 Å². The van der Waals surface area contributed by atoms with E-state index in [9.17, 15) is 0 Å². The molecule has 64 valence electrons. The molecule has 0 aromatic carbocycles. The molecule has 0 bridgehead atoms. The third kappa shape index (κ3) is 2.76. The highest BCUT2D eigenvalue weighted by atomic mass is 35.5. The zero-order valence-electron chi connectivity index (χ0n) is 5.06. The van der Waals surface area contributed by atoms with Crippen LogP contribution < -0.4 is 11.5 Å². The van der Waals surface area contributed by atoms with E-state index >= 15 is 0 Å². The second-order valence-electron chi connectivity index (χ2n) is 1.76. The standard InChI is InChI=1S/C3H10N2O4.ClH/c4-1-2(5,6)3(7,8)9;/h6-9H,1,4-5H2;1H. The van der Waals surface area contributed by atoms with Crippen LogP contribution in [0.25, 0.3) is 0 Å². The molecule has 0 aliphatic rings. The van der Waals surface area contributed by atoms with Crippen LogP contribution in [0.15, 0.2) is 0 Å². The smallest absolute Gasteiger partial charge is 0.321 e. The Morgan fingerprint density at radius 2 is 1.40 bits per heavy atom. The van der Waals surface area contributed by atoms with Crippen LogP contribution >= 0.6 is 12.4 Å². The lowest BCUT2D eigenvalue weighted by molar-refractivity contribution is -0.387. The summed E-state index contributed by atoms with van der Waals surface area (Å²) in [4.78, 5) is 0. The van der Waals surface area contributed by atoms with Crippen LogP contribution in [0, 0.1) is 0 Å². The normalized spacial score (nSPS) is 17.4. The Bertz CT molecular complexity index is 101. The van der Waals surface area contributed by atoms with Crippen LogP contribution in [0.3, 0.4) is 0 Å². The largest absolute Gasteiger partial charge is 0.368 e. The van der Waals surface area contributed by atoms with Gasteiger partial charge < -0.3 is 26.2 Å². The summed E-state index contributed by atoms with van der Waals surface area (Å²) in [6.07, 6.45) is 0. The van der Waals surface area contributed by atoms with Crippen molar-refractivity contribution < 1.29 is 20.4 Å². The van der Waals surface area contributed by atoms with Gasteiger partial charge in [0.25, 0.3) is 0 Å². The third-order valence-corrected chi connectivity index (χ3v) is 0.892. The van der Waals surface area contributed by atoms with Crippen LogP contribution in [0.2, 0.25) is 0 Å². The molecule has 0 amide bonds. The number of hydrogen-bond acceptors (Lipinski definition) is 6. The average molecular weight is 175 g/mol. The number of aliphatic hydroxyl groups is 4. The van der Waals surface area contributed by atoms with Gasteiger partial charge in [0.1, 0.15) is 0 Å². The minimum atomic E-state index is -3.35. The van der Waals surface area contributed by atoms with Crippen molar-refractivity contribution in [2.24, 2.45) is 11.5 Å². The van der Waals surface area contributed by atoms with E-state index in [0.29, 0.717) is 0 Å². The summed E-state index contributed by atoms with van der Waals surface area (Å²) in [6, 6.07) is 0. The van der Waals surface area contributed by atoms with E-state index in [-0.39, 0.29) is 12.4 Å². The van der Waals surface area contributed by atoms with Crippen molar-refractivity contribution in [3.8, 4) is 0 Å². The molecule has 8 N–H and O–H groups in total. The van der Waals surface area contributed by atoms with Gasteiger partial charge in [-0.2, -0.15) is 0 Å². The Labute approximate surface area is 63.5 Å². The van der Waals surface area contributed by atoms with Gasteiger partial charge in [-0.15, -0.1) is 12.4 Å². The van der Waals surface area contributed by atoms with E-state index in [2.05, 4.69) is 5.73 Å². The monoisotopic (exact) mass is 174 g/mol. The number of halogens is 1. The Balaban J connectivity index is 0. The summed E-state index contributed by atoms with van der Waals surface area (Å²) in [5.74, 6) is -3.35. The van der Waals surface area contributed by atoms with Gasteiger partial charge in [0.2, 0.25) is 5.72 Å². The molecule has 0 radical (unpaired) electrons. The van der Waals surface area contributed by atoms with E-state index in [1.807, 2.05) is 0 Å². The lowest BCUT2D eigenvalue weighted by Crippen LogP contribution is -2.65. The Kier molecular flexibility index (Phi) is 4.37. The Morgan fingerprint density at radius 3 is 1.40 bits per heavy atom. The first-order chi connectivity index (χ1) is 3.81. The quantitative estimate of drug-likeness (QED) is 0.242. The van der Waals surface area contributed by atoms with Gasteiger partial charge in [0, 0.05) is 6.54 Å². The molecule has 0 heterocycles. The van der Waals surface area contributed by atoms with Crippen molar-refractivity contribution in [2.45, 2.75) is 11.7 Å². The van der Waals surface area contributed by atoms with Crippen molar-refractivity contribution in [3.05, 3.63) is 0 Å². The molecule has 10 heavy (non-hydrogen) atoms. The zero-order valence-corrected chi connectivity index (χ0v) is 5.88. The molecular weight excluding hydrogens is 163 g/mol. The van der Waals surface area contributed by atoms with Gasteiger partial charge in [-0.25, -0.2) is 0 Å². The summed E-state index contributed by atoms with van der Waals surface area (Å²) in [5.41, 5.74) is 6.83. The van der Waals surface area contributed by atoms with Crippen molar-refractivity contribution in [1.82, 2.24) is 0 Å². The second kappa shape index (κ2) is 3.44. The van der Waals surface area contributed by atoms with Gasteiger partial charge in [-0.1, -0.05) is 0 Å². The van der Waals surface area contributed by atoms with Gasteiger partial charge in [-0.3, -0.25) is 5.73 Å². The zero-order chi connectivity index (χ0) is 7.71. The summed E-state index contributed by atoms with van der Waals surface area (Å²) < 4.78 is 0. The number of nitrogens with two attached hydrogens (primary N) is 2. The lowest BCUT2D eigenvalue weighted by Gasteiger charge is -2.29. The first-order valence-electron chi connectivity index (χ1n) is 2.19. The van der Waals surface area contributed by atoms with Crippen LogP contribution in [0.4, 0.5) is 0 Å². The summed E-state index contributed by atoms with van der Waals surface area (Å²) >= 11 is 0. The molecule has 0 aromatic rings. The highest BCUT2D eigenvalue weighted by Crippen LogP contribution is 2.07. The second-order valence-corrected chi connectivity index (χ2v) is 1.76. The molecule has 0 fully saturated rings. The lowest BCUT2D eigenvalue weighted by atomic mass is 10.2. The summed E-state index contributed by atoms with van der Waals surface area (Å²) in [7, 11) is 0. The molecule has 6 nitrogen and oxygen atoms in total. The Hall–Kier alpha value is 0.0500. The number of hydrogen-bond donors (Lipinski definition) is 6. The van der Waals surface area contributed by atoms with Crippen LogP contribution in [0.5, 0.6) is 0 Å². The minimum absolute atomic E-state index is 0. The average Bonchev–Trinajstić information content (AvgIpc) is 1.64. The highest BCUT2D eigenvalue weighted by molar-refractivity contribution is 5.85. The molecule has 1 unspecified atom stereocenters. The highest BCUT2D eigenvalue weighted by Gasteiger charge is 2.42.